The van der Waals surface area contributed by atoms with Crippen LogP contribution in [0.25, 0.3) is 0 Å². The van der Waals surface area contributed by atoms with Crippen LogP contribution in [0.4, 0.5) is 13.2 Å². The van der Waals surface area contributed by atoms with Crippen LogP contribution in [0.3, 0.4) is 0 Å². The van der Waals surface area contributed by atoms with Crippen molar-refractivity contribution < 1.29 is 30.5 Å². The molecule has 27 heavy (non-hydrogen) atoms. The van der Waals surface area contributed by atoms with Crippen LogP contribution in [0, 0.1) is 0 Å². The topological polar surface area (TPSA) is 52.6 Å². The monoisotopic (exact) mass is 398 g/mol. The fourth-order valence-corrected chi connectivity index (χ4v) is 3.50. The summed E-state index contributed by atoms with van der Waals surface area (Å²) >= 11 is 0. The molecular weight excluding hydrogens is 381 g/mol. The van der Waals surface area contributed by atoms with Crippen LogP contribution < -0.4 is 0 Å². The largest absolute Gasteiger partial charge is 0.534 e. The van der Waals surface area contributed by atoms with Gasteiger partial charge in [-0.05, 0) is 18.1 Å². The van der Waals surface area contributed by atoms with E-state index in [1.165, 1.54) is 6.92 Å². The van der Waals surface area contributed by atoms with Gasteiger partial charge < -0.3 is 8.92 Å². The fourth-order valence-electron chi connectivity index (χ4n) is 2.97. The molecule has 0 aromatic heterocycles. The smallest absolute Gasteiger partial charge is 0.381 e. The van der Waals surface area contributed by atoms with Crippen molar-refractivity contribution in [2.45, 2.75) is 31.1 Å². The zero-order valence-electron chi connectivity index (χ0n) is 14.3. The molecule has 0 unspecified atom stereocenters. The predicted octanol–water partition coefficient (Wildman–Crippen LogP) is 5.03. The maximum atomic E-state index is 12.7. The highest BCUT2D eigenvalue weighted by molar-refractivity contribution is 7.87. The summed E-state index contributed by atoms with van der Waals surface area (Å²) in [5.74, 6) is -0.320. The van der Waals surface area contributed by atoms with Gasteiger partial charge in [0.15, 0.2) is 0 Å². The van der Waals surface area contributed by atoms with Gasteiger partial charge in [0.1, 0.15) is 11.9 Å². The van der Waals surface area contributed by atoms with Crippen LogP contribution in [0.5, 0.6) is 0 Å². The molecule has 0 spiro atoms. The lowest BCUT2D eigenvalue weighted by atomic mass is 9.97. The Kier molecular flexibility index (Phi) is 5.30. The van der Waals surface area contributed by atoms with E-state index in [4.69, 9.17) is 4.74 Å². The van der Waals surface area contributed by atoms with Crippen LogP contribution in [0.2, 0.25) is 0 Å². The highest BCUT2D eigenvalue weighted by atomic mass is 32.2. The first kappa shape index (κ1) is 19.4. The van der Waals surface area contributed by atoms with Gasteiger partial charge in [0.2, 0.25) is 0 Å². The quantitative estimate of drug-likeness (QED) is 0.412. The summed E-state index contributed by atoms with van der Waals surface area (Å²) in [4.78, 5) is 0. The molecule has 2 atom stereocenters. The Labute approximate surface area is 155 Å². The molecule has 144 valence electrons. The van der Waals surface area contributed by atoms with E-state index < -0.39 is 27.8 Å². The molecule has 0 N–H and O–H groups in total. The summed E-state index contributed by atoms with van der Waals surface area (Å²) in [6.45, 7) is 1.21. The summed E-state index contributed by atoms with van der Waals surface area (Å²) in [5, 5.41) is 0. The van der Waals surface area contributed by atoms with E-state index >= 15 is 0 Å². The molecular formula is C19H17F3O4S. The summed E-state index contributed by atoms with van der Waals surface area (Å²) < 4.78 is 71.2. The van der Waals surface area contributed by atoms with Crippen LogP contribution >= 0.6 is 0 Å². The number of ether oxygens (including phenoxy) is 1. The standard InChI is InChI=1S/C19H17F3O4S/c1-13(26-27(23,24)19(20,21)22)16-12-17(14-8-4-2-5-9-14)25-18(16)15-10-6-3-7-11-15/h2-11,17-18H,12H2,1H3/b16-13+/t17-,18-/m0/s1. The minimum absolute atomic E-state index is 0.225. The third kappa shape index (κ3) is 4.17. The van der Waals surface area contributed by atoms with Gasteiger partial charge in [-0.25, -0.2) is 0 Å². The number of hydrogen-bond acceptors (Lipinski definition) is 4. The number of hydrogen-bond donors (Lipinski definition) is 0. The Morgan fingerprint density at radius 2 is 1.52 bits per heavy atom. The van der Waals surface area contributed by atoms with E-state index in [2.05, 4.69) is 4.18 Å². The first-order valence-corrected chi connectivity index (χ1v) is 9.55. The summed E-state index contributed by atoms with van der Waals surface area (Å²) in [6.07, 6.45) is -0.888. The van der Waals surface area contributed by atoms with Crippen molar-refractivity contribution in [2.24, 2.45) is 0 Å². The molecule has 1 fully saturated rings. The normalized spacial score (nSPS) is 22.5. The summed E-state index contributed by atoms with van der Waals surface area (Å²) in [7, 11) is -5.74. The van der Waals surface area contributed by atoms with Gasteiger partial charge in [0, 0.05) is 12.0 Å². The zero-order chi connectivity index (χ0) is 19.7. The Morgan fingerprint density at radius 3 is 2.04 bits per heavy atom. The zero-order valence-corrected chi connectivity index (χ0v) is 15.1. The molecule has 8 heteroatoms. The average Bonchev–Trinajstić information content (AvgIpc) is 3.07. The molecule has 0 aliphatic carbocycles. The highest BCUT2D eigenvalue weighted by Crippen LogP contribution is 2.46. The Hall–Kier alpha value is -2.32. The van der Waals surface area contributed by atoms with Crippen LogP contribution in [0.15, 0.2) is 72.0 Å². The number of rotatable bonds is 4. The van der Waals surface area contributed by atoms with Gasteiger partial charge >= 0.3 is 15.6 Å². The lowest BCUT2D eigenvalue weighted by Gasteiger charge is -2.16. The van der Waals surface area contributed by atoms with Gasteiger partial charge in [-0.3, -0.25) is 0 Å². The second kappa shape index (κ2) is 7.36. The van der Waals surface area contributed by atoms with Crippen molar-refractivity contribution in [2.75, 3.05) is 0 Å². The first-order valence-electron chi connectivity index (χ1n) is 8.15. The van der Waals surface area contributed by atoms with E-state index in [1.54, 1.807) is 30.3 Å². The van der Waals surface area contributed by atoms with E-state index in [9.17, 15) is 21.6 Å². The van der Waals surface area contributed by atoms with Gasteiger partial charge in [0.25, 0.3) is 0 Å². The average molecular weight is 398 g/mol. The number of benzene rings is 2. The van der Waals surface area contributed by atoms with Crippen LogP contribution in [-0.2, 0) is 19.0 Å². The first-order chi connectivity index (χ1) is 12.7. The van der Waals surface area contributed by atoms with Crippen LogP contribution in [0.1, 0.15) is 36.7 Å². The van der Waals surface area contributed by atoms with Crippen molar-refractivity contribution in [3.05, 3.63) is 83.1 Å². The minimum Gasteiger partial charge on any atom is -0.381 e. The minimum atomic E-state index is -5.74. The summed E-state index contributed by atoms with van der Waals surface area (Å²) in [5.41, 5.74) is -3.57. The molecule has 4 nitrogen and oxygen atoms in total. The molecule has 3 rings (SSSR count). The fraction of sp³-hybridized carbons (Fsp3) is 0.263. The molecule has 0 amide bonds. The molecule has 1 aliphatic rings. The molecule has 0 saturated carbocycles. The highest BCUT2D eigenvalue weighted by Gasteiger charge is 2.49. The second-order valence-corrected chi connectivity index (χ2v) is 7.63. The Balaban J connectivity index is 1.99. The van der Waals surface area contributed by atoms with Crippen molar-refractivity contribution >= 4 is 10.1 Å². The van der Waals surface area contributed by atoms with Crippen molar-refractivity contribution in [3.63, 3.8) is 0 Å². The lowest BCUT2D eigenvalue weighted by Crippen LogP contribution is -2.25. The van der Waals surface area contributed by atoms with Gasteiger partial charge in [0.05, 0.1) is 6.10 Å². The van der Waals surface area contributed by atoms with Crippen molar-refractivity contribution in [1.82, 2.24) is 0 Å². The third-order valence-corrected chi connectivity index (χ3v) is 5.30. The van der Waals surface area contributed by atoms with E-state index in [0.717, 1.165) is 5.56 Å². The van der Waals surface area contributed by atoms with E-state index in [-0.39, 0.29) is 12.2 Å². The van der Waals surface area contributed by atoms with Gasteiger partial charge in [-0.1, -0.05) is 60.7 Å². The maximum Gasteiger partial charge on any atom is 0.534 e. The molecule has 1 aliphatic heterocycles. The predicted molar refractivity (Wildman–Crippen MR) is 92.8 cm³/mol. The van der Waals surface area contributed by atoms with Crippen molar-refractivity contribution in [1.29, 1.82) is 0 Å². The Morgan fingerprint density at radius 1 is 1.00 bits per heavy atom. The molecule has 0 radical (unpaired) electrons. The summed E-state index contributed by atoms with van der Waals surface area (Å²) in [6, 6.07) is 18.1. The van der Waals surface area contributed by atoms with Gasteiger partial charge in [-0.15, -0.1) is 0 Å². The lowest BCUT2D eigenvalue weighted by molar-refractivity contribution is -0.0522. The Bertz CT molecular complexity index is 922. The second-order valence-electron chi connectivity index (χ2n) is 6.09. The van der Waals surface area contributed by atoms with Crippen LogP contribution in [-0.4, -0.2) is 13.9 Å². The van der Waals surface area contributed by atoms with Gasteiger partial charge in [-0.2, -0.15) is 21.6 Å². The van der Waals surface area contributed by atoms with E-state index in [0.29, 0.717) is 11.1 Å². The number of allylic oxidation sites excluding steroid dienone is 1. The number of halogens is 3. The number of alkyl halides is 3. The molecule has 1 saturated heterocycles. The molecule has 2 aromatic carbocycles. The van der Waals surface area contributed by atoms with E-state index in [1.807, 2.05) is 30.3 Å². The third-order valence-electron chi connectivity index (χ3n) is 4.27. The maximum absolute atomic E-state index is 12.7. The molecule has 0 bridgehead atoms. The SMILES string of the molecule is C/C(OS(=O)(=O)C(F)(F)F)=C1/C[C@@H](c2ccccc2)O[C@H]1c1ccccc1. The van der Waals surface area contributed by atoms with Crippen molar-refractivity contribution in [3.8, 4) is 0 Å². The molecule has 2 aromatic rings. The molecule has 1 heterocycles.